The highest BCUT2D eigenvalue weighted by atomic mass is 32.2. The van der Waals surface area contributed by atoms with E-state index < -0.39 is 15.9 Å². The number of thiazole rings is 1. The number of rotatable bonds is 4. The Morgan fingerprint density at radius 3 is 2.77 bits per heavy atom. The van der Waals surface area contributed by atoms with Crippen LogP contribution in [0.4, 0.5) is 0 Å². The third-order valence-corrected chi connectivity index (χ3v) is 6.61. The lowest BCUT2D eigenvalue weighted by Crippen LogP contribution is -2.32. The van der Waals surface area contributed by atoms with Crippen LogP contribution in [0.2, 0.25) is 0 Å². The van der Waals surface area contributed by atoms with Crippen molar-refractivity contribution >= 4 is 27.3 Å². The van der Waals surface area contributed by atoms with Crippen LogP contribution in [0.5, 0.6) is 0 Å². The van der Waals surface area contributed by atoms with Gasteiger partial charge in [-0.25, -0.2) is 18.1 Å². The van der Waals surface area contributed by atoms with Gasteiger partial charge in [0.05, 0.1) is 10.7 Å². The molecule has 1 N–H and O–H groups in total. The van der Waals surface area contributed by atoms with Crippen molar-refractivity contribution in [3.8, 4) is 0 Å². The lowest BCUT2D eigenvalue weighted by Gasteiger charge is -2.05. The van der Waals surface area contributed by atoms with Gasteiger partial charge in [0, 0.05) is 18.3 Å². The van der Waals surface area contributed by atoms with Crippen LogP contribution in [-0.2, 0) is 14.8 Å². The molecule has 2 unspecified atom stereocenters. The average Bonchev–Trinajstić information content (AvgIpc) is 3.18. The Balaban J connectivity index is 1.72. The third-order valence-electron chi connectivity index (χ3n) is 3.58. The number of aromatic nitrogens is 2. The van der Waals surface area contributed by atoms with Crippen LogP contribution < -0.4 is 4.72 Å². The quantitative estimate of drug-likeness (QED) is 0.918. The van der Waals surface area contributed by atoms with Gasteiger partial charge in [-0.2, -0.15) is 0 Å². The molecule has 0 bridgehead atoms. The van der Waals surface area contributed by atoms with E-state index in [1.165, 1.54) is 0 Å². The molecule has 1 aliphatic carbocycles. The van der Waals surface area contributed by atoms with Crippen LogP contribution in [0.15, 0.2) is 28.7 Å². The smallest absolute Gasteiger partial charge is 0.274 e. The molecule has 0 radical (unpaired) electrons. The molecule has 22 heavy (non-hydrogen) atoms. The fraction of sp³-hybridized carbons (Fsp3) is 0.357. The molecule has 1 saturated carbocycles. The minimum absolute atomic E-state index is 0.0493. The van der Waals surface area contributed by atoms with E-state index in [1.54, 1.807) is 26.2 Å². The molecule has 2 atom stereocenters. The number of carbonyl (C=O) groups is 1. The van der Waals surface area contributed by atoms with E-state index in [2.05, 4.69) is 14.7 Å². The maximum atomic E-state index is 12.3. The fourth-order valence-electron chi connectivity index (χ4n) is 2.46. The lowest BCUT2D eigenvalue weighted by atomic mass is 10.1. The highest BCUT2D eigenvalue weighted by Gasteiger charge is 2.45. The van der Waals surface area contributed by atoms with Gasteiger partial charge >= 0.3 is 0 Å². The number of sulfonamides is 1. The zero-order chi connectivity index (χ0) is 15.9. The number of nitrogens with zero attached hydrogens (tertiary/aromatic N) is 2. The molecule has 1 amide bonds. The third kappa shape index (κ3) is 2.89. The van der Waals surface area contributed by atoms with E-state index in [-0.39, 0.29) is 16.0 Å². The number of hydrogen-bond acceptors (Lipinski definition) is 6. The molecule has 6 nitrogen and oxygen atoms in total. The Labute approximate surface area is 132 Å². The number of nitrogens with one attached hydrogen (secondary N) is 1. The maximum absolute atomic E-state index is 12.3. The standard InChI is InChI=1S/C14H15N3O3S2/c1-8-14(21-9(2)16-8)22(19,20)17-13(18)12-6-11(12)10-4-3-5-15-7-10/h3-5,7,11-12H,6H2,1-2H3,(H,17,18). The van der Waals surface area contributed by atoms with Crippen LogP contribution in [0.25, 0.3) is 0 Å². The molecule has 0 spiro atoms. The second-order valence-corrected chi connectivity index (χ2v) is 8.39. The zero-order valence-electron chi connectivity index (χ0n) is 12.1. The molecule has 0 aliphatic heterocycles. The highest BCUT2D eigenvalue weighted by molar-refractivity contribution is 7.92. The molecule has 2 aromatic heterocycles. The van der Waals surface area contributed by atoms with Crippen LogP contribution in [0.1, 0.15) is 28.6 Å². The minimum atomic E-state index is -3.84. The predicted molar refractivity (Wildman–Crippen MR) is 82.0 cm³/mol. The van der Waals surface area contributed by atoms with E-state index in [9.17, 15) is 13.2 Å². The molecule has 1 aliphatic rings. The van der Waals surface area contributed by atoms with Gasteiger partial charge in [0.25, 0.3) is 10.0 Å². The number of hydrogen-bond donors (Lipinski definition) is 1. The first-order valence-electron chi connectivity index (χ1n) is 6.79. The van der Waals surface area contributed by atoms with Gasteiger partial charge in [-0.1, -0.05) is 6.07 Å². The van der Waals surface area contributed by atoms with Crippen molar-refractivity contribution in [1.29, 1.82) is 0 Å². The van der Waals surface area contributed by atoms with Crippen LogP contribution >= 0.6 is 11.3 Å². The average molecular weight is 337 g/mol. The number of aryl methyl sites for hydroxylation is 2. The van der Waals surface area contributed by atoms with Crippen molar-refractivity contribution in [3.63, 3.8) is 0 Å². The van der Waals surface area contributed by atoms with Crippen molar-refractivity contribution in [2.24, 2.45) is 5.92 Å². The minimum Gasteiger partial charge on any atom is -0.274 e. The van der Waals surface area contributed by atoms with Crippen molar-refractivity contribution in [2.45, 2.75) is 30.4 Å². The van der Waals surface area contributed by atoms with Crippen LogP contribution in [0, 0.1) is 19.8 Å². The second-order valence-electron chi connectivity index (χ2n) is 5.31. The number of carbonyl (C=O) groups excluding carboxylic acids is 1. The first-order valence-corrected chi connectivity index (χ1v) is 9.09. The normalized spacial score (nSPS) is 20.6. The maximum Gasteiger partial charge on any atom is 0.275 e. The van der Waals surface area contributed by atoms with E-state index in [0.29, 0.717) is 17.1 Å². The van der Waals surface area contributed by atoms with Crippen molar-refractivity contribution in [3.05, 3.63) is 40.8 Å². The van der Waals surface area contributed by atoms with Crippen molar-refractivity contribution in [2.75, 3.05) is 0 Å². The summed E-state index contributed by atoms with van der Waals surface area (Å²) in [7, 11) is -3.84. The van der Waals surface area contributed by atoms with E-state index in [0.717, 1.165) is 16.9 Å². The Bertz CT molecular complexity index is 815. The summed E-state index contributed by atoms with van der Waals surface area (Å²) in [5.74, 6) is -0.721. The first kappa shape index (κ1) is 15.1. The van der Waals surface area contributed by atoms with Gasteiger partial charge in [-0.3, -0.25) is 9.78 Å². The van der Waals surface area contributed by atoms with Gasteiger partial charge in [0.2, 0.25) is 5.91 Å². The highest BCUT2D eigenvalue weighted by Crippen LogP contribution is 2.47. The molecule has 1 fully saturated rings. The fourth-order valence-corrected chi connectivity index (χ4v) is 4.98. The Morgan fingerprint density at radius 2 is 2.18 bits per heavy atom. The number of pyridine rings is 1. The second kappa shape index (κ2) is 5.44. The summed E-state index contributed by atoms with van der Waals surface area (Å²) in [6.07, 6.45) is 4.03. The summed E-state index contributed by atoms with van der Waals surface area (Å²) in [5.41, 5.74) is 1.38. The van der Waals surface area contributed by atoms with Gasteiger partial charge in [0.15, 0.2) is 4.21 Å². The summed E-state index contributed by atoms with van der Waals surface area (Å²) < 4.78 is 26.8. The molecule has 0 saturated heterocycles. The van der Waals surface area contributed by atoms with Gasteiger partial charge < -0.3 is 0 Å². The Hall–Kier alpha value is -1.80. The lowest BCUT2D eigenvalue weighted by molar-refractivity contribution is -0.120. The summed E-state index contributed by atoms with van der Waals surface area (Å²) in [4.78, 5) is 20.3. The largest absolute Gasteiger partial charge is 0.275 e. The van der Waals surface area contributed by atoms with Crippen LogP contribution in [-0.4, -0.2) is 24.3 Å². The van der Waals surface area contributed by atoms with Gasteiger partial charge in [-0.05, 0) is 37.8 Å². The van der Waals surface area contributed by atoms with E-state index in [4.69, 9.17) is 0 Å². The van der Waals surface area contributed by atoms with Crippen LogP contribution in [0.3, 0.4) is 0 Å². The summed E-state index contributed by atoms with van der Waals surface area (Å²) in [5, 5.41) is 0.657. The van der Waals surface area contributed by atoms with Gasteiger partial charge in [-0.15, -0.1) is 11.3 Å². The Kier molecular flexibility index (Phi) is 3.73. The summed E-state index contributed by atoms with van der Waals surface area (Å²) in [6, 6.07) is 3.71. The number of amides is 1. The first-order chi connectivity index (χ1) is 10.4. The molecule has 8 heteroatoms. The molecule has 2 heterocycles. The molecular formula is C14H15N3O3S2. The SMILES string of the molecule is Cc1nc(C)c(S(=O)(=O)NC(=O)C2CC2c2cccnc2)s1. The molecule has 0 aromatic carbocycles. The Morgan fingerprint density at radius 1 is 1.41 bits per heavy atom. The molecule has 116 valence electrons. The van der Waals surface area contributed by atoms with E-state index in [1.807, 2.05) is 12.1 Å². The molecule has 2 aromatic rings. The zero-order valence-corrected chi connectivity index (χ0v) is 13.7. The van der Waals surface area contributed by atoms with Crippen molar-refractivity contribution in [1.82, 2.24) is 14.7 Å². The topological polar surface area (TPSA) is 89.0 Å². The molecular weight excluding hydrogens is 322 g/mol. The summed E-state index contributed by atoms with van der Waals surface area (Å²) >= 11 is 1.07. The monoisotopic (exact) mass is 337 g/mol. The van der Waals surface area contributed by atoms with E-state index >= 15 is 0 Å². The summed E-state index contributed by atoms with van der Waals surface area (Å²) in [6.45, 7) is 3.36. The van der Waals surface area contributed by atoms with Gasteiger partial charge in [0.1, 0.15) is 0 Å². The van der Waals surface area contributed by atoms with Crippen molar-refractivity contribution < 1.29 is 13.2 Å². The predicted octanol–water partition coefficient (Wildman–Crippen LogP) is 1.76. The molecule has 3 rings (SSSR count).